The van der Waals surface area contributed by atoms with E-state index in [1.165, 1.54) is 38.8 Å². The second-order valence-electron chi connectivity index (χ2n) is 8.82. The van der Waals surface area contributed by atoms with Crippen LogP contribution in [0.3, 0.4) is 0 Å². The fourth-order valence-corrected chi connectivity index (χ4v) is 4.39. The molecule has 6 heteroatoms. The van der Waals surface area contributed by atoms with E-state index in [1.54, 1.807) is 0 Å². The molecule has 1 saturated carbocycles. The van der Waals surface area contributed by atoms with E-state index in [0.717, 1.165) is 25.0 Å². The molecule has 1 atom stereocenters. The fraction of sp³-hybridized carbons (Fsp3) is 0.944. The largest absolute Gasteiger partial charge is 0.298 e. The summed E-state index contributed by atoms with van der Waals surface area (Å²) < 4.78 is 2.01. The van der Waals surface area contributed by atoms with Gasteiger partial charge in [-0.1, -0.05) is 26.7 Å². The molecule has 6 nitrogen and oxygen atoms in total. The van der Waals surface area contributed by atoms with Gasteiger partial charge in [0.25, 0.3) is 0 Å². The average Bonchev–Trinajstić information content (AvgIpc) is 3.18. The van der Waals surface area contributed by atoms with Crippen molar-refractivity contribution in [3.05, 3.63) is 5.82 Å². The Morgan fingerprint density at radius 2 is 1.62 bits per heavy atom. The van der Waals surface area contributed by atoms with Gasteiger partial charge in [0, 0.05) is 32.2 Å². The first-order chi connectivity index (χ1) is 11.4. The normalized spacial score (nSPS) is 23.2. The number of nitrogens with zero attached hydrogens (tertiary/aromatic N) is 6. The summed E-state index contributed by atoms with van der Waals surface area (Å²) in [5.41, 5.74) is -0.0857. The first-order valence-corrected chi connectivity index (χ1v) is 9.65. The highest BCUT2D eigenvalue weighted by Gasteiger charge is 2.35. The molecule has 0 radical (unpaired) electrons. The number of hydrogen-bond donors (Lipinski definition) is 0. The molecular weight excluding hydrogens is 300 g/mol. The van der Waals surface area contributed by atoms with E-state index in [1.807, 2.05) is 4.68 Å². The fourth-order valence-electron chi connectivity index (χ4n) is 4.39. The lowest BCUT2D eigenvalue weighted by molar-refractivity contribution is 0.0481. The smallest absolute Gasteiger partial charge is 0.169 e. The zero-order chi connectivity index (χ0) is 17.3. The molecule has 1 saturated heterocycles. The van der Waals surface area contributed by atoms with Gasteiger partial charge in [-0.25, -0.2) is 4.68 Å². The highest BCUT2D eigenvalue weighted by Crippen LogP contribution is 2.31. The van der Waals surface area contributed by atoms with Gasteiger partial charge in [-0.05, 0) is 50.0 Å². The van der Waals surface area contributed by atoms with Crippen LogP contribution in [0.2, 0.25) is 0 Å². The SMILES string of the molecule is CC(C)[C@@H](c1nnnn1C(C)(C)C)N1CCN(C2CCCC2)CC1. The van der Waals surface area contributed by atoms with Gasteiger partial charge in [-0.15, -0.1) is 5.10 Å². The average molecular weight is 335 g/mol. The quantitative estimate of drug-likeness (QED) is 0.847. The maximum Gasteiger partial charge on any atom is 0.169 e. The summed E-state index contributed by atoms with van der Waals surface area (Å²) in [6.45, 7) is 15.7. The molecule has 1 aromatic heterocycles. The zero-order valence-electron chi connectivity index (χ0n) is 16.1. The third-order valence-electron chi connectivity index (χ3n) is 5.61. The van der Waals surface area contributed by atoms with Gasteiger partial charge in [0.2, 0.25) is 0 Å². The molecular formula is C18H34N6. The van der Waals surface area contributed by atoms with Crippen LogP contribution >= 0.6 is 0 Å². The van der Waals surface area contributed by atoms with Crippen LogP contribution < -0.4 is 0 Å². The molecule has 0 aromatic carbocycles. The van der Waals surface area contributed by atoms with Gasteiger partial charge in [-0.3, -0.25) is 9.80 Å². The Morgan fingerprint density at radius 3 is 2.17 bits per heavy atom. The van der Waals surface area contributed by atoms with Crippen LogP contribution in [0, 0.1) is 5.92 Å². The Hall–Kier alpha value is -1.01. The number of piperazine rings is 1. The van der Waals surface area contributed by atoms with Crippen molar-refractivity contribution < 1.29 is 0 Å². The van der Waals surface area contributed by atoms with Crippen molar-refractivity contribution in [3.8, 4) is 0 Å². The zero-order valence-corrected chi connectivity index (χ0v) is 16.1. The lowest BCUT2D eigenvalue weighted by atomic mass is 9.99. The van der Waals surface area contributed by atoms with Crippen molar-refractivity contribution in [2.24, 2.45) is 5.92 Å². The molecule has 2 fully saturated rings. The van der Waals surface area contributed by atoms with Gasteiger partial charge in [0.15, 0.2) is 5.82 Å². The Balaban J connectivity index is 1.72. The molecule has 3 rings (SSSR count). The maximum absolute atomic E-state index is 4.42. The van der Waals surface area contributed by atoms with Crippen molar-refractivity contribution in [1.82, 2.24) is 30.0 Å². The van der Waals surface area contributed by atoms with E-state index in [0.29, 0.717) is 12.0 Å². The third kappa shape index (κ3) is 3.64. The molecule has 0 N–H and O–H groups in total. The van der Waals surface area contributed by atoms with Crippen molar-refractivity contribution in [2.75, 3.05) is 26.2 Å². The number of rotatable bonds is 4. The van der Waals surface area contributed by atoms with E-state index >= 15 is 0 Å². The van der Waals surface area contributed by atoms with Crippen molar-refractivity contribution in [1.29, 1.82) is 0 Å². The van der Waals surface area contributed by atoms with Crippen LogP contribution in [0.4, 0.5) is 0 Å². The van der Waals surface area contributed by atoms with Gasteiger partial charge in [0.1, 0.15) is 0 Å². The maximum atomic E-state index is 4.42. The summed E-state index contributed by atoms with van der Waals surface area (Å²) in [4.78, 5) is 5.32. The van der Waals surface area contributed by atoms with Gasteiger partial charge < -0.3 is 0 Å². The van der Waals surface area contributed by atoms with Crippen LogP contribution in [0.1, 0.15) is 72.2 Å². The minimum Gasteiger partial charge on any atom is -0.298 e. The summed E-state index contributed by atoms with van der Waals surface area (Å²) in [6, 6.07) is 1.13. The van der Waals surface area contributed by atoms with Crippen molar-refractivity contribution >= 4 is 0 Å². The predicted octanol–water partition coefficient (Wildman–Crippen LogP) is 2.69. The second-order valence-corrected chi connectivity index (χ2v) is 8.82. The summed E-state index contributed by atoms with van der Waals surface area (Å²) in [6.07, 6.45) is 5.63. The molecule has 2 heterocycles. The molecule has 0 amide bonds. The van der Waals surface area contributed by atoms with Crippen LogP contribution in [-0.4, -0.2) is 62.2 Å². The summed E-state index contributed by atoms with van der Waals surface area (Å²) in [7, 11) is 0. The van der Waals surface area contributed by atoms with Gasteiger partial charge >= 0.3 is 0 Å². The standard InChI is InChI=1S/C18H34N6/c1-14(2)16(17-19-20-21-24(17)18(3,4)5)23-12-10-22(11-13-23)15-8-6-7-9-15/h14-16H,6-13H2,1-5H3/t16-/m0/s1. The van der Waals surface area contributed by atoms with E-state index in [2.05, 4.69) is 59.9 Å². The van der Waals surface area contributed by atoms with Crippen LogP contribution in [0.5, 0.6) is 0 Å². The first-order valence-electron chi connectivity index (χ1n) is 9.65. The lowest BCUT2D eigenvalue weighted by Gasteiger charge is -2.42. The predicted molar refractivity (Wildman–Crippen MR) is 95.8 cm³/mol. The highest BCUT2D eigenvalue weighted by atomic mass is 15.6. The molecule has 136 valence electrons. The monoisotopic (exact) mass is 334 g/mol. The van der Waals surface area contributed by atoms with Crippen molar-refractivity contribution in [3.63, 3.8) is 0 Å². The van der Waals surface area contributed by atoms with Crippen LogP contribution in [0.15, 0.2) is 0 Å². The van der Waals surface area contributed by atoms with E-state index in [9.17, 15) is 0 Å². The minimum atomic E-state index is -0.0857. The molecule has 0 unspecified atom stereocenters. The van der Waals surface area contributed by atoms with E-state index in [-0.39, 0.29) is 5.54 Å². The Kier molecular flexibility index (Phi) is 5.25. The molecule has 0 bridgehead atoms. The molecule has 24 heavy (non-hydrogen) atoms. The van der Waals surface area contributed by atoms with E-state index < -0.39 is 0 Å². The number of hydrogen-bond acceptors (Lipinski definition) is 5. The molecule has 1 aromatic rings. The Bertz CT molecular complexity index is 518. The highest BCUT2D eigenvalue weighted by molar-refractivity contribution is 4.99. The second kappa shape index (κ2) is 7.08. The van der Waals surface area contributed by atoms with Crippen molar-refractivity contribution in [2.45, 2.75) is 77.9 Å². The van der Waals surface area contributed by atoms with Crippen LogP contribution in [0.25, 0.3) is 0 Å². The summed E-state index contributed by atoms with van der Waals surface area (Å²) in [5.74, 6) is 1.52. The topological polar surface area (TPSA) is 50.1 Å². The molecule has 2 aliphatic rings. The third-order valence-corrected chi connectivity index (χ3v) is 5.61. The number of aromatic nitrogens is 4. The van der Waals surface area contributed by atoms with E-state index in [4.69, 9.17) is 0 Å². The molecule has 1 aliphatic carbocycles. The Morgan fingerprint density at radius 1 is 1.00 bits per heavy atom. The lowest BCUT2D eigenvalue weighted by Crippen LogP contribution is -2.51. The van der Waals surface area contributed by atoms with Gasteiger partial charge in [0.05, 0.1) is 11.6 Å². The summed E-state index contributed by atoms with van der Waals surface area (Å²) in [5, 5.41) is 12.7. The van der Waals surface area contributed by atoms with Crippen LogP contribution in [-0.2, 0) is 5.54 Å². The molecule has 1 aliphatic heterocycles. The van der Waals surface area contributed by atoms with Gasteiger partial charge in [-0.2, -0.15) is 0 Å². The first kappa shape index (κ1) is 17.8. The Labute approximate surface area is 146 Å². The number of tetrazole rings is 1. The molecule has 0 spiro atoms. The minimum absolute atomic E-state index is 0.0857. The summed E-state index contributed by atoms with van der Waals surface area (Å²) >= 11 is 0.